The molecule has 4 heteroatoms. The Labute approximate surface area is 112 Å². The molecule has 4 nitrogen and oxygen atoms in total. The highest BCUT2D eigenvalue weighted by atomic mass is 16.5. The van der Waals surface area contributed by atoms with Crippen molar-refractivity contribution in [3.63, 3.8) is 0 Å². The van der Waals surface area contributed by atoms with Gasteiger partial charge in [-0.2, -0.15) is 5.10 Å². The van der Waals surface area contributed by atoms with Crippen molar-refractivity contribution >= 4 is 5.78 Å². The van der Waals surface area contributed by atoms with Gasteiger partial charge in [0.05, 0.1) is 18.7 Å². The predicted octanol–water partition coefficient (Wildman–Crippen LogP) is 2.10. The molecule has 1 atom stereocenters. The van der Waals surface area contributed by atoms with E-state index in [2.05, 4.69) is 5.10 Å². The van der Waals surface area contributed by atoms with Crippen LogP contribution in [0.4, 0.5) is 0 Å². The van der Waals surface area contributed by atoms with Gasteiger partial charge in [-0.1, -0.05) is 18.2 Å². The van der Waals surface area contributed by atoms with Crippen molar-refractivity contribution in [1.82, 2.24) is 9.78 Å². The van der Waals surface area contributed by atoms with E-state index in [1.165, 1.54) is 0 Å². The van der Waals surface area contributed by atoms with E-state index in [0.717, 1.165) is 23.4 Å². The van der Waals surface area contributed by atoms with Gasteiger partial charge in [0, 0.05) is 24.7 Å². The van der Waals surface area contributed by atoms with Crippen LogP contribution < -0.4 is 4.74 Å². The molecule has 0 aliphatic carbocycles. The molecule has 0 saturated heterocycles. The first-order chi connectivity index (χ1) is 9.24. The minimum Gasteiger partial charge on any atom is -0.493 e. The Bertz CT molecular complexity index is 604. The molecule has 1 aliphatic heterocycles. The minimum absolute atomic E-state index is 0.0630. The van der Waals surface area contributed by atoms with E-state index in [1.807, 2.05) is 43.6 Å². The molecule has 1 unspecified atom stereocenters. The largest absolute Gasteiger partial charge is 0.493 e. The molecule has 19 heavy (non-hydrogen) atoms. The molecule has 1 aromatic heterocycles. The number of hydrogen-bond acceptors (Lipinski definition) is 3. The number of para-hydroxylation sites is 1. The first kappa shape index (κ1) is 12.0. The highest BCUT2D eigenvalue weighted by molar-refractivity contribution is 5.88. The molecule has 3 rings (SSSR count). The predicted molar refractivity (Wildman–Crippen MR) is 71.2 cm³/mol. The molecule has 0 fully saturated rings. The average molecular weight is 256 g/mol. The molecular weight excluding hydrogens is 240 g/mol. The molecule has 0 radical (unpaired) electrons. The van der Waals surface area contributed by atoms with Crippen LogP contribution in [0, 0.1) is 0 Å². The number of benzene rings is 1. The highest BCUT2D eigenvalue weighted by Crippen LogP contribution is 2.34. The SMILES string of the molecule is Cn1ccc(CC(=O)C2CCOc3ccccc32)n1. The van der Waals surface area contributed by atoms with E-state index in [9.17, 15) is 4.79 Å². The number of aromatic nitrogens is 2. The first-order valence-corrected chi connectivity index (χ1v) is 6.47. The number of ether oxygens (including phenoxy) is 1. The standard InChI is InChI=1S/C15H16N2O2/c1-17-8-6-11(16-17)10-14(18)12-7-9-19-15-5-3-2-4-13(12)15/h2-6,8,12H,7,9-10H2,1H3. The van der Waals surface area contributed by atoms with Crippen LogP contribution in [0.1, 0.15) is 23.6 Å². The van der Waals surface area contributed by atoms with E-state index in [-0.39, 0.29) is 11.7 Å². The summed E-state index contributed by atoms with van der Waals surface area (Å²) in [5.41, 5.74) is 1.84. The van der Waals surface area contributed by atoms with E-state index in [1.54, 1.807) is 4.68 Å². The molecule has 0 amide bonds. The summed E-state index contributed by atoms with van der Waals surface area (Å²) in [7, 11) is 1.86. The molecule has 2 aromatic rings. The number of carbonyl (C=O) groups is 1. The molecule has 0 saturated carbocycles. The summed E-state index contributed by atoms with van der Waals surface area (Å²) < 4.78 is 7.31. The molecule has 1 aromatic carbocycles. The van der Waals surface area contributed by atoms with Gasteiger partial charge >= 0.3 is 0 Å². The lowest BCUT2D eigenvalue weighted by atomic mass is 9.87. The van der Waals surface area contributed by atoms with E-state index in [0.29, 0.717) is 13.0 Å². The van der Waals surface area contributed by atoms with Gasteiger partial charge in [0.15, 0.2) is 0 Å². The van der Waals surface area contributed by atoms with Crippen LogP contribution in [0.2, 0.25) is 0 Å². The van der Waals surface area contributed by atoms with Crippen molar-refractivity contribution in [3.05, 3.63) is 47.8 Å². The molecule has 0 bridgehead atoms. The van der Waals surface area contributed by atoms with Crippen molar-refractivity contribution in [2.24, 2.45) is 7.05 Å². The van der Waals surface area contributed by atoms with Crippen molar-refractivity contribution in [2.45, 2.75) is 18.8 Å². The minimum atomic E-state index is -0.0630. The number of nitrogens with zero attached hydrogens (tertiary/aromatic N) is 2. The maximum atomic E-state index is 12.4. The fourth-order valence-electron chi connectivity index (χ4n) is 2.54. The summed E-state index contributed by atoms with van der Waals surface area (Å²) in [6, 6.07) is 9.69. The third kappa shape index (κ3) is 2.38. The lowest BCUT2D eigenvalue weighted by Gasteiger charge is -2.24. The molecule has 0 N–H and O–H groups in total. The molecule has 2 heterocycles. The number of Topliss-reactive ketones (excluding diaryl/α,β-unsaturated/α-hetero) is 1. The fraction of sp³-hybridized carbons (Fsp3) is 0.333. The summed E-state index contributed by atoms with van der Waals surface area (Å²) in [6.45, 7) is 0.607. The van der Waals surface area contributed by atoms with Gasteiger partial charge in [0.1, 0.15) is 11.5 Å². The van der Waals surface area contributed by atoms with E-state index < -0.39 is 0 Å². The first-order valence-electron chi connectivity index (χ1n) is 6.47. The van der Waals surface area contributed by atoms with Crippen LogP contribution in [-0.2, 0) is 18.3 Å². The third-order valence-corrected chi connectivity index (χ3v) is 3.47. The second-order valence-corrected chi connectivity index (χ2v) is 4.85. The van der Waals surface area contributed by atoms with Crippen LogP contribution in [0.5, 0.6) is 5.75 Å². The Morgan fingerprint density at radius 1 is 1.42 bits per heavy atom. The maximum absolute atomic E-state index is 12.4. The van der Waals surface area contributed by atoms with Crippen molar-refractivity contribution in [2.75, 3.05) is 6.61 Å². The fourth-order valence-corrected chi connectivity index (χ4v) is 2.54. The Morgan fingerprint density at radius 2 is 2.26 bits per heavy atom. The highest BCUT2D eigenvalue weighted by Gasteiger charge is 2.27. The number of carbonyl (C=O) groups excluding carboxylic acids is 1. The molecule has 0 spiro atoms. The zero-order chi connectivity index (χ0) is 13.2. The van der Waals surface area contributed by atoms with Crippen molar-refractivity contribution < 1.29 is 9.53 Å². The number of ketones is 1. The topological polar surface area (TPSA) is 44.1 Å². The summed E-state index contributed by atoms with van der Waals surface area (Å²) in [4.78, 5) is 12.4. The second kappa shape index (κ2) is 4.88. The van der Waals surface area contributed by atoms with Crippen LogP contribution in [0.3, 0.4) is 0 Å². The van der Waals surface area contributed by atoms with Crippen LogP contribution in [-0.4, -0.2) is 22.2 Å². The monoisotopic (exact) mass is 256 g/mol. The van der Waals surface area contributed by atoms with Gasteiger partial charge in [-0.15, -0.1) is 0 Å². The molecule has 1 aliphatic rings. The van der Waals surface area contributed by atoms with Gasteiger partial charge in [0.25, 0.3) is 0 Å². The third-order valence-electron chi connectivity index (χ3n) is 3.47. The number of hydrogen-bond donors (Lipinski definition) is 0. The number of fused-ring (bicyclic) bond motifs is 1. The Kier molecular flexibility index (Phi) is 3.07. The zero-order valence-corrected chi connectivity index (χ0v) is 10.9. The smallest absolute Gasteiger partial charge is 0.146 e. The number of aryl methyl sites for hydroxylation is 1. The lowest BCUT2D eigenvalue weighted by Crippen LogP contribution is -2.22. The van der Waals surface area contributed by atoms with Crippen LogP contribution in [0.15, 0.2) is 36.5 Å². The van der Waals surface area contributed by atoms with Gasteiger partial charge in [0.2, 0.25) is 0 Å². The van der Waals surface area contributed by atoms with Crippen LogP contribution in [0.25, 0.3) is 0 Å². The van der Waals surface area contributed by atoms with E-state index in [4.69, 9.17) is 4.74 Å². The summed E-state index contributed by atoms with van der Waals surface area (Å²) in [5, 5.41) is 4.27. The zero-order valence-electron chi connectivity index (χ0n) is 10.9. The lowest BCUT2D eigenvalue weighted by molar-refractivity contribution is -0.120. The van der Waals surface area contributed by atoms with E-state index >= 15 is 0 Å². The molecule has 98 valence electrons. The van der Waals surface area contributed by atoms with Crippen molar-refractivity contribution in [3.8, 4) is 5.75 Å². The normalized spacial score (nSPS) is 17.6. The molecular formula is C15H16N2O2. The maximum Gasteiger partial charge on any atom is 0.146 e. The van der Waals surface area contributed by atoms with Gasteiger partial charge in [-0.25, -0.2) is 0 Å². The average Bonchev–Trinajstić information content (AvgIpc) is 2.83. The summed E-state index contributed by atoms with van der Waals surface area (Å²) in [6.07, 6.45) is 3.00. The van der Waals surface area contributed by atoms with Gasteiger partial charge in [-0.3, -0.25) is 9.48 Å². The quantitative estimate of drug-likeness (QED) is 0.844. The second-order valence-electron chi connectivity index (χ2n) is 4.85. The Hall–Kier alpha value is -2.10. The number of rotatable bonds is 3. The summed E-state index contributed by atoms with van der Waals surface area (Å²) in [5.74, 6) is 0.995. The van der Waals surface area contributed by atoms with Crippen molar-refractivity contribution in [1.29, 1.82) is 0 Å². The van der Waals surface area contributed by atoms with Crippen LogP contribution >= 0.6 is 0 Å². The Morgan fingerprint density at radius 3 is 3.05 bits per heavy atom. The Balaban J connectivity index is 1.81. The summed E-state index contributed by atoms with van der Waals surface area (Å²) >= 11 is 0. The van der Waals surface area contributed by atoms with Gasteiger partial charge in [-0.05, 0) is 18.6 Å². The van der Waals surface area contributed by atoms with Gasteiger partial charge < -0.3 is 4.74 Å².